The van der Waals surface area contributed by atoms with E-state index in [0.29, 0.717) is 6.54 Å². The van der Waals surface area contributed by atoms with Crippen molar-refractivity contribution < 1.29 is 13.2 Å². The molecule has 4 heterocycles. The summed E-state index contributed by atoms with van der Waals surface area (Å²) >= 11 is 0. The summed E-state index contributed by atoms with van der Waals surface area (Å²) in [6.07, 6.45) is 2.30. The first kappa shape index (κ1) is 19.4. The second-order valence-corrected chi connectivity index (χ2v) is 7.93. The van der Waals surface area contributed by atoms with E-state index in [9.17, 15) is 13.2 Å². The van der Waals surface area contributed by atoms with Gasteiger partial charge in [-0.1, -0.05) is 6.42 Å². The topological polar surface area (TPSA) is 61.6 Å². The molecule has 2 aliphatic heterocycles. The number of piperidine rings is 2. The number of aromatic nitrogens is 4. The van der Waals surface area contributed by atoms with Crippen LogP contribution in [0.5, 0.6) is 0 Å². The highest BCUT2D eigenvalue weighted by atomic mass is 19.4. The van der Waals surface area contributed by atoms with E-state index in [1.165, 1.54) is 30.1 Å². The van der Waals surface area contributed by atoms with E-state index in [0.717, 1.165) is 45.1 Å². The Kier molecular flexibility index (Phi) is 5.17. The van der Waals surface area contributed by atoms with Crippen LogP contribution in [0.2, 0.25) is 0 Å². The van der Waals surface area contributed by atoms with Crippen LogP contribution in [0.3, 0.4) is 0 Å². The van der Waals surface area contributed by atoms with Crippen LogP contribution in [0.4, 0.5) is 19.0 Å². The van der Waals surface area contributed by atoms with Gasteiger partial charge >= 0.3 is 6.18 Å². The van der Waals surface area contributed by atoms with E-state index in [-0.39, 0.29) is 17.1 Å². The summed E-state index contributed by atoms with van der Waals surface area (Å²) in [5.74, 6) is 0.234. The highest BCUT2D eigenvalue weighted by Gasteiger charge is 2.40. The van der Waals surface area contributed by atoms with Gasteiger partial charge in [-0.3, -0.25) is 4.90 Å². The third-order valence-corrected chi connectivity index (χ3v) is 6.09. The SMILES string of the molecule is CN1CCC(CNc2cc(C(F)(F)F)nc3ncnn23)(N2CCCCC2)CC1. The standard InChI is InChI=1S/C18H26F3N7/c1-26-9-5-17(6-10-26,27-7-3-2-4-8-27)12-22-15-11-14(18(19,20)21)25-16-23-13-24-28(15)16/h11,13,22H,2-10,12H2,1H3. The van der Waals surface area contributed by atoms with Crippen molar-refractivity contribution in [1.82, 2.24) is 29.4 Å². The van der Waals surface area contributed by atoms with E-state index in [4.69, 9.17) is 0 Å². The first-order valence-corrected chi connectivity index (χ1v) is 9.83. The molecule has 2 fully saturated rings. The van der Waals surface area contributed by atoms with Crippen LogP contribution in [0, 0.1) is 0 Å². The van der Waals surface area contributed by atoms with E-state index < -0.39 is 11.9 Å². The molecule has 2 aromatic heterocycles. The highest BCUT2D eigenvalue weighted by Crippen LogP contribution is 2.33. The molecule has 0 spiro atoms. The lowest BCUT2D eigenvalue weighted by atomic mass is 9.84. The highest BCUT2D eigenvalue weighted by molar-refractivity contribution is 5.46. The van der Waals surface area contributed by atoms with Gasteiger partial charge in [0.2, 0.25) is 0 Å². The Bertz CT molecular complexity index is 805. The van der Waals surface area contributed by atoms with Crippen LogP contribution in [-0.4, -0.2) is 74.7 Å². The lowest BCUT2D eigenvalue weighted by Gasteiger charge is -2.50. The van der Waals surface area contributed by atoms with Gasteiger partial charge in [-0.25, -0.2) is 4.98 Å². The van der Waals surface area contributed by atoms with Gasteiger partial charge in [0.25, 0.3) is 5.78 Å². The average Bonchev–Trinajstić information content (AvgIpc) is 3.16. The van der Waals surface area contributed by atoms with Crippen LogP contribution in [-0.2, 0) is 6.18 Å². The summed E-state index contributed by atoms with van der Waals surface area (Å²) in [6, 6.07) is 1.03. The predicted molar refractivity (Wildman–Crippen MR) is 99.2 cm³/mol. The Morgan fingerprint density at radius 3 is 2.50 bits per heavy atom. The smallest absolute Gasteiger partial charge is 0.368 e. The fourth-order valence-electron chi connectivity index (χ4n) is 4.35. The second-order valence-electron chi connectivity index (χ2n) is 7.93. The van der Waals surface area contributed by atoms with E-state index in [1.807, 2.05) is 0 Å². The lowest BCUT2D eigenvalue weighted by molar-refractivity contribution is -0.141. The third kappa shape index (κ3) is 3.80. The molecule has 0 atom stereocenters. The van der Waals surface area contributed by atoms with Crippen LogP contribution in [0.15, 0.2) is 12.4 Å². The van der Waals surface area contributed by atoms with Gasteiger partial charge in [0.05, 0.1) is 0 Å². The Morgan fingerprint density at radius 2 is 1.82 bits per heavy atom. The fraction of sp³-hybridized carbons (Fsp3) is 0.722. The van der Waals surface area contributed by atoms with Gasteiger partial charge in [0.15, 0.2) is 5.69 Å². The Labute approximate surface area is 161 Å². The van der Waals surface area contributed by atoms with Crippen molar-refractivity contribution in [2.75, 3.05) is 45.1 Å². The molecule has 28 heavy (non-hydrogen) atoms. The van der Waals surface area contributed by atoms with E-state index in [1.54, 1.807) is 0 Å². The summed E-state index contributed by atoms with van der Waals surface area (Å²) in [5, 5.41) is 7.31. The number of halogens is 3. The van der Waals surface area contributed by atoms with Crippen LogP contribution in [0.1, 0.15) is 37.8 Å². The quantitative estimate of drug-likeness (QED) is 0.856. The molecule has 2 saturated heterocycles. The number of rotatable bonds is 4. The lowest BCUT2D eigenvalue weighted by Crippen LogP contribution is -2.59. The summed E-state index contributed by atoms with van der Waals surface area (Å²) in [7, 11) is 2.12. The van der Waals surface area contributed by atoms with Crippen molar-refractivity contribution in [1.29, 1.82) is 0 Å². The molecule has 0 bridgehead atoms. The second kappa shape index (κ2) is 7.47. The van der Waals surface area contributed by atoms with Crippen LogP contribution in [0.25, 0.3) is 5.78 Å². The number of fused-ring (bicyclic) bond motifs is 1. The molecular formula is C18H26F3N7. The van der Waals surface area contributed by atoms with Crippen molar-refractivity contribution in [2.45, 2.75) is 43.8 Å². The van der Waals surface area contributed by atoms with Gasteiger partial charge in [0.1, 0.15) is 12.1 Å². The Morgan fingerprint density at radius 1 is 1.11 bits per heavy atom. The van der Waals surface area contributed by atoms with Crippen molar-refractivity contribution in [2.24, 2.45) is 0 Å². The molecule has 0 unspecified atom stereocenters. The zero-order chi connectivity index (χ0) is 19.8. The third-order valence-electron chi connectivity index (χ3n) is 6.09. The molecule has 0 radical (unpaired) electrons. The predicted octanol–water partition coefficient (Wildman–Crippen LogP) is 2.51. The molecule has 2 aromatic rings. The fourth-order valence-corrected chi connectivity index (χ4v) is 4.35. The first-order chi connectivity index (χ1) is 13.4. The van der Waals surface area contributed by atoms with Crippen molar-refractivity contribution >= 4 is 11.6 Å². The molecule has 154 valence electrons. The maximum atomic E-state index is 13.2. The number of nitrogens with one attached hydrogen (secondary N) is 1. The molecule has 0 amide bonds. The minimum Gasteiger partial charge on any atom is -0.368 e. The molecule has 0 aromatic carbocycles. The molecule has 2 aliphatic rings. The molecule has 0 saturated carbocycles. The van der Waals surface area contributed by atoms with Crippen molar-refractivity contribution in [3.8, 4) is 0 Å². The van der Waals surface area contributed by atoms with Crippen LogP contribution >= 0.6 is 0 Å². The summed E-state index contributed by atoms with van der Waals surface area (Å²) < 4.78 is 41.1. The number of hydrogen-bond donors (Lipinski definition) is 1. The average molecular weight is 397 g/mol. The Hall–Kier alpha value is -1.94. The van der Waals surface area contributed by atoms with Gasteiger partial charge in [-0.05, 0) is 58.9 Å². The van der Waals surface area contributed by atoms with Gasteiger partial charge in [-0.15, -0.1) is 0 Å². The monoisotopic (exact) mass is 397 g/mol. The minimum atomic E-state index is -4.53. The molecule has 10 heteroatoms. The van der Waals surface area contributed by atoms with Gasteiger partial charge in [0, 0.05) is 18.2 Å². The minimum absolute atomic E-state index is 0.0484. The van der Waals surface area contributed by atoms with Gasteiger partial charge < -0.3 is 10.2 Å². The Balaban J connectivity index is 1.61. The molecule has 1 N–H and O–H groups in total. The molecule has 4 rings (SSSR count). The zero-order valence-electron chi connectivity index (χ0n) is 16.0. The largest absolute Gasteiger partial charge is 0.433 e. The summed E-state index contributed by atoms with van der Waals surface area (Å²) in [6.45, 7) is 4.65. The number of likely N-dealkylation sites (tertiary alicyclic amines) is 2. The normalized spacial score (nSPS) is 21.9. The maximum Gasteiger partial charge on any atom is 0.433 e. The maximum absolute atomic E-state index is 13.2. The number of nitrogens with zero attached hydrogens (tertiary/aromatic N) is 6. The number of alkyl halides is 3. The van der Waals surface area contributed by atoms with Gasteiger partial charge in [-0.2, -0.15) is 27.8 Å². The molecule has 0 aliphatic carbocycles. The summed E-state index contributed by atoms with van der Waals surface area (Å²) in [5.41, 5.74) is -1.01. The summed E-state index contributed by atoms with van der Waals surface area (Å²) in [4.78, 5) is 12.3. The number of hydrogen-bond acceptors (Lipinski definition) is 6. The van der Waals surface area contributed by atoms with Crippen molar-refractivity contribution in [3.05, 3.63) is 18.1 Å². The van der Waals surface area contributed by atoms with E-state index >= 15 is 0 Å². The van der Waals surface area contributed by atoms with Crippen LogP contribution < -0.4 is 5.32 Å². The molecular weight excluding hydrogens is 371 g/mol. The molecule has 7 nitrogen and oxygen atoms in total. The number of anilines is 1. The van der Waals surface area contributed by atoms with E-state index in [2.05, 4.69) is 37.2 Å². The first-order valence-electron chi connectivity index (χ1n) is 9.83. The van der Waals surface area contributed by atoms with Crippen molar-refractivity contribution in [3.63, 3.8) is 0 Å². The zero-order valence-corrected chi connectivity index (χ0v) is 16.0.